The van der Waals surface area contributed by atoms with Gasteiger partial charge in [-0.15, -0.1) is 0 Å². The van der Waals surface area contributed by atoms with E-state index in [0.717, 1.165) is 32.1 Å². The molecule has 3 N–H and O–H groups in total. The first-order chi connectivity index (χ1) is 15.2. The SMILES string of the molecule is Cc1ccc(CC2(N(C)C)CCC(NC(=O)CCC(=O)NCCCCC(=O)O)CC2)cc1. The van der Waals surface area contributed by atoms with Crippen molar-refractivity contribution in [2.75, 3.05) is 20.6 Å². The molecule has 0 aliphatic heterocycles. The second kappa shape index (κ2) is 12.6. The van der Waals surface area contributed by atoms with Crippen molar-refractivity contribution in [3.05, 3.63) is 35.4 Å². The predicted molar refractivity (Wildman–Crippen MR) is 125 cm³/mol. The molecule has 2 rings (SSSR count). The van der Waals surface area contributed by atoms with Crippen molar-refractivity contribution in [3.63, 3.8) is 0 Å². The average Bonchev–Trinajstić information content (AvgIpc) is 2.75. The molecule has 0 spiro atoms. The van der Waals surface area contributed by atoms with Gasteiger partial charge in [0.2, 0.25) is 11.8 Å². The summed E-state index contributed by atoms with van der Waals surface area (Å²) in [5.41, 5.74) is 2.73. The van der Waals surface area contributed by atoms with Gasteiger partial charge in [0, 0.05) is 37.4 Å². The van der Waals surface area contributed by atoms with Gasteiger partial charge in [0.25, 0.3) is 0 Å². The van der Waals surface area contributed by atoms with E-state index in [1.807, 2.05) is 0 Å². The van der Waals surface area contributed by atoms with Gasteiger partial charge in [0.05, 0.1) is 0 Å². The number of nitrogens with one attached hydrogen (secondary N) is 2. The van der Waals surface area contributed by atoms with Gasteiger partial charge in [-0.2, -0.15) is 0 Å². The first-order valence-electron chi connectivity index (χ1n) is 11.7. The Morgan fingerprint density at radius 3 is 2.22 bits per heavy atom. The molecule has 1 aromatic carbocycles. The van der Waals surface area contributed by atoms with Crippen LogP contribution in [0.25, 0.3) is 0 Å². The van der Waals surface area contributed by atoms with Crippen molar-refractivity contribution in [2.24, 2.45) is 0 Å². The molecule has 1 fully saturated rings. The van der Waals surface area contributed by atoms with Crippen LogP contribution in [0.5, 0.6) is 0 Å². The Balaban J connectivity index is 1.70. The quantitative estimate of drug-likeness (QED) is 0.430. The zero-order valence-electron chi connectivity index (χ0n) is 19.8. The second-order valence-electron chi connectivity index (χ2n) is 9.32. The number of aryl methyl sites for hydroxylation is 1. The van der Waals surface area contributed by atoms with Gasteiger partial charge in [-0.05, 0) is 71.5 Å². The molecule has 32 heavy (non-hydrogen) atoms. The van der Waals surface area contributed by atoms with Crippen molar-refractivity contribution >= 4 is 17.8 Å². The third-order valence-corrected chi connectivity index (χ3v) is 6.60. The molecule has 7 nitrogen and oxygen atoms in total. The standard InChI is InChI=1S/C25H39N3O4/c1-19-7-9-20(10-8-19)18-25(28(2)3)15-13-21(14-16-25)27-23(30)12-11-22(29)26-17-5-4-6-24(31)32/h7-10,21H,4-6,11-18H2,1-3H3,(H,26,29)(H,27,30)(H,31,32). The summed E-state index contributed by atoms with van der Waals surface area (Å²) in [6.45, 7) is 2.55. The number of unbranched alkanes of at least 4 members (excludes halogenated alkanes) is 1. The molecule has 0 bridgehead atoms. The van der Waals surface area contributed by atoms with E-state index in [-0.39, 0.29) is 42.7 Å². The van der Waals surface area contributed by atoms with Crippen LogP contribution in [0.2, 0.25) is 0 Å². The van der Waals surface area contributed by atoms with Crippen LogP contribution in [0.3, 0.4) is 0 Å². The van der Waals surface area contributed by atoms with Gasteiger partial charge in [0.15, 0.2) is 0 Å². The molecular weight excluding hydrogens is 406 g/mol. The van der Waals surface area contributed by atoms with E-state index in [1.165, 1.54) is 11.1 Å². The van der Waals surface area contributed by atoms with E-state index in [0.29, 0.717) is 19.4 Å². The summed E-state index contributed by atoms with van der Waals surface area (Å²) in [7, 11) is 4.29. The minimum atomic E-state index is -0.825. The highest BCUT2D eigenvalue weighted by atomic mass is 16.4. The van der Waals surface area contributed by atoms with E-state index in [4.69, 9.17) is 5.11 Å². The zero-order chi connectivity index (χ0) is 23.6. The molecule has 1 aromatic rings. The maximum Gasteiger partial charge on any atom is 0.303 e. The molecule has 0 saturated heterocycles. The Morgan fingerprint density at radius 1 is 1.00 bits per heavy atom. The summed E-state index contributed by atoms with van der Waals surface area (Å²) in [5, 5.41) is 14.5. The van der Waals surface area contributed by atoms with Crippen molar-refractivity contribution in [3.8, 4) is 0 Å². The Hall–Kier alpha value is -2.41. The van der Waals surface area contributed by atoms with Crippen LogP contribution in [0.15, 0.2) is 24.3 Å². The van der Waals surface area contributed by atoms with Crippen LogP contribution in [0.4, 0.5) is 0 Å². The lowest BCUT2D eigenvalue weighted by molar-refractivity contribution is -0.137. The van der Waals surface area contributed by atoms with Gasteiger partial charge in [-0.1, -0.05) is 29.8 Å². The van der Waals surface area contributed by atoms with Crippen LogP contribution in [-0.2, 0) is 20.8 Å². The fraction of sp³-hybridized carbons (Fsp3) is 0.640. The lowest BCUT2D eigenvalue weighted by Gasteiger charge is -2.45. The summed E-state index contributed by atoms with van der Waals surface area (Å²) in [4.78, 5) is 37.0. The number of carbonyl (C=O) groups is 3. The molecule has 0 radical (unpaired) electrons. The maximum absolute atomic E-state index is 12.3. The smallest absolute Gasteiger partial charge is 0.303 e. The van der Waals surface area contributed by atoms with Crippen LogP contribution in [0, 0.1) is 6.92 Å². The number of rotatable bonds is 12. The summed E-state index contributed by atoms with van der Waals surface area (Å²) in [6.07, 6.45) is 6.54. The van der Waals surface area contributed by atoms with Crippen molar-refractivity contribution in [2.45, 2.75) is 82.7 Å². The molecule has 0 heterocycles. The first-order valence-corrected chi connectivity index (χ1v) is 11.7. The van der Waals surface area contributed by atoms with Gasteiger partial charge in [-0.25, -0.2) is 0 Å². The molecule has 0 unspecified atom stereocenters. The Morgan fingerprint density at radius 2 is 1.62 bits per heavy atom. The second-order valence-corrected chi connectivity index (χ2v) is 9.32. The monoisotopic (exact) mass is 445 g/mol. The summed E-state index contributed by atoms with van der Waals surface area (Å²) in [6, 6.07) is 8.91. The number of hydrogen-bond acceptors (Lipinski definition) is 4. The molecule has 1 aliphatic carbocycles. The number of likely N-dealkylation sites (N-methyl/N-ethyl adjacent to an activating group) is 1. The number of amides is 2. The van der Waals surface area contributed by atoms with Crippen molar-refractivity contribution in [1.82, 2.24) is 15.5 Å². The molecule has 7 heteroatoms. The van der Waals surface area contributed by atoms with Gasteiger partial charge < -0.3 is 20.6 Å². The third-order valence-electron chi connectivity index (χ3n) is 6.60. The molecule has 2 amide bonds. The van der Waals surface area contributed by atoms with E-state index in [1.54, 1.807) is 0 Å². The third kappa shape index (κ3) is 8.61. The van der Waals surface area contributed by atoms with Crippen molar-refractivity contribution in [1.29, 1.82) is 0 Å². The largest absolute Gasteiger partial charge is 0.481 e. The molecule has 1 saturated carbocycles. The van der Waals surface area contributed by atoms with Crippen LogP contribution >= 0.6 is 0 Å². The maximum atomic E-state index is 12.3. The van der Waals surface area contributed by atoms with E-state index in [2.05, 4.69) is 60.8 Å². The van der Waals surface area contributed by atoms with E-state index < -0.39 is 5.97 Å². The van der Waals surface area contributed by atoms with E-state index >= 15 is 0 Å². The van der Waals surface area contributed by atoms with E-state index in [9.17, 15) is 14.4 Å². The van der Waals surface area contributed by atoms with Crippen LogP contribution in [-0.4, -0.2) is 60.0 Å². The fourth-order valence-corrected chi connectivity index (χ4v) is 4.41. The number of hydrogen-bond donors (Lipinski definition) is 3. The summed E-state index contributed by atoms with van der Waals surface area (Å²) in [5.74, 6) is -1.07. The number of benzene rings is 1. The predicted octanol–water partition coefficient (Wildman–Crippen LogP) is 3.05. The lowest BCUT2D eigenvalue weighted by atomic mass is 9.74. The number of carbonyl (C=O) groups excluding carboxylic acids is 2. The van der Waals surface area contributed by atoms with Crippen molar-refractivity contribution < 1.29 is 19.5 Å². The Labute approximate surface area is 191 Å². The van der Waals surface area contributed by atoms with Crippen LogP contribution < -0.4 is 10.6 Å². The lowest BCUT2D eigenvalue weighted by Crippen LogP contribution is -2.52. The summed E-state index contributed by atoms with van der Waals surface area (Å²) >= 11 is 0. The zero-order valence-corrected chi connectivity index (χ0v) is 19.8. The number of carboxylic acid groups (broad SMARTS) is 1. The summed E-state index contributed by atoms with van der Waals surface area (Å²) < 4.78 is 0. The average molecular weight is 446 g/mol. The van der Waals surface area contributed by atoms with Gasteiger partial charge in [0.1, 0.15) is 0 Å². The highest BCUT2D eigenvalue weighted by Gasteiger charge is 2.37. The number of aliphatic carboxylic acids is 1. The number of carboxylic acids is 1. The fourth-order valence-electron chi connectivity index (χ4n) is 4.41. The minimum Gasteiger partial charge on any atom is -0.481 e. The normalized spacial score (nSPS) is 20.7. The molecule has 0 aromatic heterocycles. The number of nitrogens with zero attached hydrogens (tertiary/aromatic N) is 1. The molecule has 0 atom stereocenters. The molecule has 178 valence electrons. The highest BCUT2D eigenvalue weighted by molar-refractivity contribution is 5.83. The molecule has 1 aliphatic rings. The van der Waals surface area contributed by atoms with Crippen LogP contribution in [0.1, 0.15) is 68.9 Å². The van der Waals surface area contributed by atoms with Gasteiger partial charge >= 0.3 is 5.97 Å². The molecular formula is C25H39N3O4. The minimum absolute atomic E-state index is 0.0769. The Bertz CT molecular complexity index is 753. The Kier molecular flexibility index (Phi) is 10.2. The highest BCUT2D eigenvalue weighted by Crippen LogP contribution is 2.35. The van der Waals surface area contributed by atoms with Gasteiger partial charge in [-0.3, -0.25) is 14.4 Å². The first kappa shape index (κ1) is 25.8. The topological polar surface area (TPSA) is 98.7 Å².